The highest BCUT2D eigenvalue weighted by atomic mass is 79.9. The van der Waals surface area contributed by atoms with Gasteiger partial charge >= 0.3 is 0 Å². The first kappa shape index (κ1) is 14.0. The number of halogens is 1. The van der Waals surface area contributed by atoms with Crippen molar-refractivity contribution < 1.29 is 4.79 Å². The van der Waals surface area contributed by atoms with Gasteiger partial charge < -0.3 is 5.32 Å². The first-order chi connectivity index (χ1) is 7.63. The van der Waals surface area contributed by atoms with Gasteiger partial charge in [0.15, 0.2) is 0 Å². The van der Waals surface area contributed by atoms with Crippen LogP contribution in [0.1, 0.15) is 52.4 Å². The molecule has 16 heavy (non-hydrogen) atoms. The van der Waals surface area contributed by atoms with Crippen LogP contribution in [0.15, 0.2) is 0 Å². The molecule has 0 bridgehead atoms. The van der Waals surface area contributed by atoms with Gasteiger partial charge in [-0.15, -0.1) is 0 Å². The number of unbranched alkanes of at least 4 members (excludes halogenated alkanes) is 1. The first-order valence-electron chi connectivity index (χ1n) is 6.48. The van der Waals surface area contributed by atoms with Crippen molar-refractivity contribution in [2.24, 2.45) is 11.8 Å². The summed E-state index contributed by atoms with van der Waals surface area (Å²) in [7, 11) is 0. The fourth-order valence-electron chi connectivity index (χ4n) is 2.36. The van der Waals surface area contributed by atoms with Gasteiger partial charge in [0.1, 0.15) is 0 Å². The largest absolute Gasteiger partial charge is 0.353 e. The summed E-state index contributed by atoms with van der Waals surface area (Å²) < 4.78 is 0. The van der Waals surface area contributed by atoms with E-state index >= 15 is 0 Å². The Morgan fingerprint density at radius 3 is 2.62 bits per heavy atom. The zero-order valence-electron chi connectivity index (χ0n) is 10.5. The Labute approximate surface area is 108 Å². The maximum Gasteiger partial charge on any atom is 0.220 e. The van der Waals surface area contributed by atoms with Crippen LogP contribution in [0, 0.1) is 11.8 Å². The minimum absolute atomic E-state index is 0.243. The lowest BCUT2D eigenvalue weighted by atomic mass is 9.79. The zero-order valence-corrected chi connectivity index (χ0v) is 12.1. The van der Waals surface area contributed by atoms with Crippen molar-refractivity contribution >= 4 is 21.8 Å². The SMILES string of the molecule is CC1CCC(NC(=O)CCCCBr)CC1C. The van der Waals surface area contributed by atoms with Crippen LogP contribution in [-0.4, -0.2) is 17.3 Å². The molecule has 1 aliphatic rings. The molecule has 3 unspecified atom stereocenters. The Bertz CT molecular complexity index is 220. The highest BCUT2D eigenvalue weighted by Gasteiger charge is 2.25. The molecule has 0 saturated heterocycles. The number of amides is 1. The van der Waals surface area contributed by atoms with Gasteiger partial charge in [-0.25, -0.2) is 0 Å². The molecule has 2 nitrogen and oxygen atoms in total. The predicted octanol–water partition coefficient (Wildman–Crippen LogP) is 3.49. The molecule has 1 N–H and O–H groups in total. The maximum absolute atomic E-state index is 11.6. The van der Waals surface area contributed by atoms with Crippen molar-refractivity contribution in [1.29, 1.82) is 0 Å². The van der Waals surface area contributed by atoms with Gasteiger partial charge in [-0.1, -0.05) is 29.8 Å². The molecule has 1 saturated carbocycles. The fourth-order valence-corrected chi connectivity index (χ4v) is 2.76. The summed E-state index contributed by atoms with van der Waals surface area (Å²) in [6.45, 7) is 4.62. The number of carbonyl (C=O) groups excluding carboxylic acids is 1. The number of nitrogens with one attached hydrogen (secondary N) is 1. The lowest BCUT2D eigenvalue weighted by molar-refractivity contribution is -0.122. The highest BCUT2D eigenvalue weighted by molar-refractivity contribution is 9.09. The molecule has 1 fully saturated rings. The Morgan fingerprint density at radius 2 is 2.00 bits per heavy atom. The molecule has 0 spiro atoms. The third-order valence-electron chi connectivity index (χ3n) is 3.75. The third-order valence-corrected chi connectivity index (χ3v) is 4.31. The van der Waals surface area contributed by atoms with E-state index in [1.807, 2.05) is 0 Å². The van der Waals surface area contributed by atoms with Crippen LogP contribution >= 0.6 is 15.9 Å². The van der Waals surface area contributed by atoms with Gasteiger partial charge in [0, 0.05) is 17.8 Å². The number of hydrogen-bond donors (Lipinski definition) is 1. The van der Waals surface area contributed by atoms with E-state index in [4.69, 9.17) is 0 Å². The third kappa shape index (κ3) is 4.86. The second kappa shape index (κ2) is 7.31. The standard InChI is InChI=1S/C13H24BrNO/c1-10-6-7-12(9-11(10)2)15-13(16)5-3-4-8-14/h10-12H,3-9H2,1-2H3,(H,15,16). The average Bonchev–Trinajstić information content (AvgIpc) is 2.24. The molecule has 94 valence electrons. The molecule has 0 radical (unpaired) electrons. The van der Waals surface area contributed by atoms with E-state index in [1.54, 1.807) is 0 Å². The second-order valence-corrected chi connectivity index (χ2v) is 5.97. The molecule has 1 amide bonds. The summed E-state index contributed by atoms with van der Waals surface area (Å²) in [6, 6.07) is 0.433. The summed E-state index contributed by atoms with van der Waals surface area (Å²) in [6.07, 6.45) is 6.35. The summed E-state index contributed by atoms with van der Waals surface area (Å²) in [5.41, 5.74) is 0. The van der Waals surface area contributed by atoms with E-state index in [0.29, 0.717) is 12.5 Å². The number of hydrogen-bond acceptors (Lipinski definition) is 1. The predicted molar refractivity (Wildman–Crippen MR) is 71.8 cm³/mol. The van der Waals surface area contributed by atoms with Gasteiger partial charge in [-0.3, -0.25) is 4.79 Å². The van der Waals surface area contributed by atoms with E-state index in [1.165, 1.54) is 6.42 Å². The molecule has 1 rings (SSSR count). The van der Waals surface area contributed by atoms with E-state index in [2.05, 4.69) is 35.1 Å². The molecule has 0 aromatic heterocycles. The Morgan fingerprint density at radius 1 is 1.25 bits per heavy atom. The molecule has 0 aromatic carbocycles. The van der Waals surface area contributed by atoms with E-state index in [0.717, 1.165) is 42.8 Å². The van der Waals surface area contributed by atoms with Crippen molar-refractivity contribution in [3.63, 3.8) is 0 Å². The summed E-state index contributed by atoms with van der Waals surface area (Å²) in [5.74, 6) is 1.82. The number of carbonyl (C=O) groups is 1. The molecule has 3 heteroatoms. The average molecular weight is 290 g/mol. The van der Waals surface area contributed by atoms with E-state index in [9.17, 15) is 4.79 Å². The van der Waals surface area contributed by atoms with Gasteiger partial charge in [0.05, 0.1) is 0 Å². The van der Waals surface area contributed by atoms with Crippen molar-refractivity contribution in [1.82, 2.24) is 5.32 Å². The van der Waals surface area contributed by atoms with Crippen LogP contribution in [0.4, 0.5) is 0 Å². The topological polar surface area (TPSA) is 29.1 Å². The quantitative estimate of drug-likeness (QED) is 0.609. The van der Waals surface area contributed by atoms with Crippen LogP contribution in [0.2, 0.25) is 0 Å². The molecule has 3 atom stereocenters. The van der Waals surface area contributed by atoms with Crippen LogP contribution < -0.4 is 5.32 Å². The summed E-state index contributed by atoms with van der Waals surface area (Å²) in [4.78, 5) is 11.6. The smallest absolute Gasteiger partial charge is 0.220 e. The van der Waals surface area contributed by atoms with Crippen molar-refractivity contribution in [3.05, 3.63) is 0 Å². The number of rotatable bonds is 5. The second-order valence-electron chi connectivity index (χ2n) is 5.18. The minimum atomic E-state index is 0.243. The molecular formula is C13H24BrNO. The summed E-state index contributed by atoms with van der Waals surface area (Å²) in [5, 5.41) is 4.17. The van der Waals surface area contributed by atoms with E-state index in [-0.39, 0.29) is 5.91 Å². The van der Waals surface area contributed by atoms with Gasteiger partial charge in [0.25, 0.3) is 0 Å². The fraction of sp³-hybridized carbons (Fsp3) is 0.923. The van der Waals surface area contributed by atoms with Crippen LogP contribution in [0.25, 0.3) is 0 Å². The molecule has 0 aromatic rings. The van der Waals surface area contributed by atoms with Gasteiger partial charge in [-0.2, -0.15) is 0 Å². The zero-order chi connectivity index (χ0) is 12.0. The molecule has 1 aliphatic carbocycles. The van der Waals surface area contributed by atoms with Gasteiger partial charge in [0.2, 0.25) is 5.91 Å². The first-order valence-corrected chi connectivity index (χ1v) is 7.61. The van der Waals surface area contributed by atoms with Crippen LogP contribution in [0.3, 0.4) is 0 Å². The number of alkyl halides is 1. The van der Waals surface area contributed by atoms with Gasteiger partial charge in [-0.05, 0) is 43.9 Å². The normalized spacial score (nSPS) is 30.1. The Hall–Kier alpha value is -0.0500. The van der Waals surface area contributed by atoms with Crippen molar-refractivity contribution in [2.45, 2.75) is 58.4 Å². The highest BCUT2D eigenvalue weighted by Crippen LogP contribution is 2.29. The van der Waals surface area contributed by atoms with Crippen molar-refractivity contribution in [3.8, 4) is 0 Å². The van der Waals surface area contributed by atoms with Crippen LogP contribution in [0.5, 0.6) is 0 Å². The molecule has 0 aliphatic heterocycles. The maximum atomic E-state index is 11.6. The van der Waals surface area contributed by atoms with Crippen molar-refractivity contribution in [2.75, 3.05) is 5.33 Å². The lowest BCUT2D eigenvalue weighted by Crippen LogP contribution is -2.39. The minimum Gasteiger partial charge on any atom is -0.353 e. The van der Waals surface area contributed by atoms with E-state index < -0.39 is 0 Å². The van der Waals surface area contributed by atoms with Crippen LogP contribution in [-0.2, 0) is 4.79 Å². The summed E-state index contributed by atoms with van der Waals surface area (Å²) >= 11 is 3.38. The Balaban J connectivity index is 2.19. The molecular weight excluding hydrogens is 266 g/mol. The molecule has 0 heterocycles. The monoisotopic (exact) mass is 289 g/mol. The Kier molecular flexibility index (Phi) is 6.40. The lowest BCUT2D eigenvalue weighted by Gasteiger charge is -2.32.